The van der Waals surface area contributed by atoms with E-state index < -0.39 is 0 Å². The van der Waals surface area contributed by atoms with Crippen LogP contribution in [0.15, 0.2) is 60.3 Å². The normalized spacial score (nSPS) is 13.3. The molecule has 0 aromatic heterocycles. The molecule has 4 atom stereocenters. The van der Waals surface area contributed by atoms with Gasteiger partial charge in [0, 0.05) is 5.25 Å². The van der Waals surface area contributed by atoms with Crippen LogP contribution in [0, 0.1) is 139 Å². The maximum Gasteiger partial charge on any atom is 0.0683 e. The molecule has 0 heterocycles. The molecule has 0 aromatic carbocycles. The first-order valence-electron chi connectivity index (χ1n) is 56.5. The molecule has 0 amide bonds. The van der Waals surface area contributed by atoms with Gasteiger partial charge in [0.1, 0.15) is 0 Å². The van der Waals surface area contributed by atoms with Crippen LogP contribution in [0.3, 0.4) is 0 Å². The molecular formula is C133H279NS. The summed E-state index contributed by atoms with van der Waals surface area (Å²) in [7, 11) is 0. The summed E-state index contributed by atoms with van der Waals surface area (Å²) in [6.07, 6.45) is 53.5. The van der Waals surface area contributed by atoms with Crippen molar-refractivity contribution in [3.05, 3.63) is 60.3 Å². The Morgan fingerprint density at radius 1 is 0.296 bits per heavy atom. The van der Waals surface area contributed by atoms with Gasteiger partial charge in [-0.2, -0.15) is 17.0 Å². The lowest BCUT2D eigenvalue weighted by atomic mass is 9.76. The van der Waals surface area contributed by atoms with E-state index in [0.717, 1.165) is 53.6 Å². The number of rotatable bonds is 33. The van der Waals surface area contributed by atoms with Crippen LogP contribution in [0.2, 0.25) is 0 Å². The molecule has 822 valence electrons. The summed E-state index contributed by atoms with van der Waals surface area (Å²) in [6.45, 7) is 158. The Morgan fingerprint density at radius 3 is 0.785 bits per heavy atom. The second kappa shape index (κ2) is 80.7. The lowest BCUT2D eigenvalue weighted by molar-refractivity contribution is 0.209. The standard InChI is InChI=1S/C14H28.C13H28.C13H26.C12H23N.C11H24.C10H20.C9H20S.C9H20.C9H18.C9H20.C9H18.C8H18.C7H16/c1-12(2)8-7-9-13(3)10-11-14(4,5)6;1-11(10-13(5,6)7)8-9-12(2,3)4;1-11(2)8-7-9-12(3)10-13(4,5)6;1-11(2,3)8-6-7-9-12(4,5)10-13;1-6-8-10(9-7-2)11(3,4)5;1-7-10(5,6)8-9(2,3)4;1-8(10-5)6-7-9(2,3)4;1-8(2,3)7-9(4,5)6;1-8(2)6-7-9(3,4)5;1-6-8(7-2)9(3,4)5;1-5-6-7-8-9(2,3)4;1-7(2)6-8(3,4)5;1-5-6-7(2,3)4/h8,13H,7,9-11H2,1-6H3;11H,8-10H2,1-7H3;8,12H,7,9-10H2,1-6H3;6-9H2,1-5H3;10H,6-9H2,1-5H3;7H,1,8H2,2-6H3;8H,6-7H2,1-5H3;7H2,1-6H3;6H,7H2,1-5H3;8H,6-7H2,1-5H3;5H,1,6-8H2,2-4H3;7H,6H2,1-5H3;5-6H2,1-4H3. The molecule has 0 aliphatic rings. The van der Waals surface area contributed by atoms with Gasteiger partial charge in [-0.1, -0.05) is 519 Å². The lowest BCUT2D eigenvalue weighted by Gasteiger charge is -2.30. The molecule has 135 heavy (non-hydrogen) atoms. The Balaban J connectivity index is -0.000000109. The number of hydrogen-bond donors (Lipinski definition) is 0. The molecule has 2 heteroatoms. The zero-order chi connectivity index (χ0) is 111. The van der Waals surface area contributed by atoms with E-state index in [9.17, 15) is 0 Å². The van der Waals surface area contributed by atoms with Gasteiger partial charge in [-0.25, -0.2) is 0 Å². The summed E-state index contributed by atoms with van der Waals surface area (Å²) in [6, 6.07) is 2.34. The first-order chi connectivity index (χ1) is 59.4. The third-order valence-corrected chi connectivity index (χ3v) is 23.9. The number of thioether (sulfide) groups is 1. The van der Waals surface area contributed by atoms with Gasteiger partial charge < -0.3 is 0 Å². The molecule has 0 rings (SSSR count). The molecule has 0 radical (unpaired) electrons. The molecular weight excluding hydrogens is 1640 g/mol. The minimum absolute atomic E-state index is 0.127. The molecule has 0 N–H and O–H groups in total. The molecule has 0 fully saturated rings. The van der Waals surface area contributed by atoms with E-state index in [0.29, 0.717) is 81.2 Å². The monoisotopic (exact) mass is 1920 g/mol. The average Bonchev–Trinajstić information content (AvgIpc) is 0.903. The number of hydrogen-bond acceptors (Lipinski definition) is 2. The van der Waals surface area contributed by atoms with Gasteiger partial charge in [0.2, 0.25) is 0 Å². The fourth-order valence-electron chi connectivity index (χ4n) is 16.7. The molecule has 0 aliphatic carbocycles. The van der Waals surface area contributed by atoms with Gasteiger partial charge in [-0.3, -0.25) is 0 Å². The molecule has 0 bridgehead atoms. The minimum Gasteiger partial charge on any atom is -0.198 e. The molecule has 4 unspecified atom stereocenters. The van der Waals surface area contributed by atoms with Crippen molar-refractivity contribution >= 4 is 11.8 Å². The van der Waals surface area contributed by atoms with E-state index in [1.165, 1.54) is 203 Å². The second-order valence-corrected chi connectivity index (χ2v) is 64.0. The van der Waals surface area contributed by atoms with E-state index in [1.54, 1.807) is 0 Å². The Labute approximate surface area is 872 Å². The summed E-state index contributed by atoms with van der Waals surface area (Å²) < 4.78 is 0. The van der Waals surface area contributed by atoms with Crippen LogP contribution in [0.5, 0.6) is 0 Å². The highest BCUT2D eigenvalue weighted by Gasteiger charge is 2.27. The first-order valence-corrected chi connectivity index (χ1v) is 57.8. The van der Waals surface area contributed by atoms with Crippen molar-refractivity contribution in [2.24, 2.45) is 128 Å². The number of unbranched alkanes of at least 4 members (excludes halogenated alkanes) is 2. The molecule has 0 spiro atoms. The largest absolute Gasteiger partial charge is 0.198 e. The van der Waals surface area contributed by atoms with Crippen molar-refractivity contribution in [2.45, 2.75) is 661 Å². The third kappa shape index (κ3) is 185. The van der Waals surface area contributed by atoms with E-state index in [1.807, 2.05) is 37.8 Å². The number of nitriles is 1. The highest BCUT2D eigenvalue weighted by atomic mass is 32.2. The van der Waals surface area contributed by atoms with Crippen LogP contribution in [-0.2, 0) is 0 Å². The van der Waals surface area contributed by atoms with Gasteiger partial charge in [0.05, 0.1) is 11.5 Å². The maximum absolute atomic E-state index is 8.80. The van der Waals surface area contributed by atoms with Crippen LogP contribution < -0.4 is 0 Å². The number of allylic oxidation sites excluding steroid dienone is 8. The quantitative estimate of drug-likeness (QED) is 0.0483. The highest BCUT2D eigenvalue weighted by molar-refractivity contribution is 7.99. The Bertz CT molecular complexity index is 2690. The van der Waals surface area contributed by atoms with Crippen LogP contribution in [0.1, 0.15) is 656 Å². The maximum atomic E-state index is 8.80. The second-order valence-electron chi connectivity index (χ2n) is 62.7. The SMILES string of the molecule is C=CC(C)(C)CC(C)(C)C.C=CCCCC(C)(C)C.CC(C)(C)CC(C)(C)C.CC(C)(C)CCCCC(C)(C)C#N.CC(C)=CCC(C)(C)C.CC(C)=CCCC(C)CC(C)(C)C.CC(C)=CCCC(C)CCC(C)(C)C.CC(C)CC(C)(C)C.CC(CCC(C)(C)C)CC(C)(C)C.CCC(CC)C(C)(C)C.CCCC(C)(C)C.CCCC(CCC)C(C)(C)C.CSC(C)CCC(C)(C)C. The Kier molecular flexibility index (Phi) is 96.6. The van der Waals surface area contributed by atoms with Gasteiger partial charge >= 0.3 is 0 Å². The first kappa shape index (κ1) is 161. The van der Waals surface area contributed by atoms with Gasteiger partial charge in [0.15, 0.2) is 0 Å². The fourth-order valence-corrected chi connectivity index (χ4v) is 17.0. The van der Waals surface area contributed by atoms with Crippen LogP contribution in [0.25, 0.3) is 0 Å². The van der Waals surface area contributed by atoms with Crippen LogP contribution >= 0.6 is 11.8 Å². The predicted molar refractivity (Wildman–Crippen MR) is 647 cm³/mol. The molecule has 0 saturated heterocycles. The molecule has 0 aliphatic heterocycles. The summed E-state index contributed by atoms with van der Waals surface area (Å²) >= 11 is 1.97. The van der Waals surface area contributed by atoms with Gasteiger partial charge in [-0.05, 0) is 312 Å². The van der Waals surface area contributed by atoms with Crippen molar-refractivity contribution in [3.8, 4) is 6.07 Å². The molecule has 0 aromatic rings. The zero-order valence-electron chi connectivity index (χ0n) is 109. The van der Waals surface area contributed by atoms with Crippen LogP contribution in [0.4, 0.5) is 0 Å². The molecule has 1 nitrogen and oxygen atoms in total. The lowest BCUT2D eigenvalue weighted by Crippen LogP contribution is -2.19. The Morgan fingerprint density at radius 2 is 0.593 bits per heavy atom. The van der Waals surface area contributed by atoms with Gasteiger partial charge in [-0.15, -0.1) is 13.2 Å². The average molecular weight is 1920 g/mol. The van der Waals surface area contributed by atoms with Crippen molar-refractivity contribution in [2.75, 3.05) is 6.26 Å². The summed E-state index contributed by atoms with van der Waals surface area (Å²) in [5.41, 5.74) is 11.9. The van der Waals surface area contributed by atoms with E-state index in [4.69, 9.17) is 5.26 Å². The third-order valence-electron chi connectivity index (χ3n) is 22.9. The zero-order valence-corrected chi connectivity index (χ0v) is 109. The van der Waals surface area contributed by atoms with Crippen LogP contribution in [-0.4, -0.2) is 11.5 Å². The van der Waals surface area contributed by atoms with E-state index in [2.05, 4.69) is 487 Å². The van der Waals surface area contributed by atoms with Crippen molar-refractivity contribution in [1.29, 1.82) is 5.26 Å². The fraction of sp³-hybridized carbons (Fsp3) is 0.917. The van der Waals surface area contributed by atoms with Crippen molar-refractivity contribution in [3.63, 3.8) is 0 Å². The smallest absolute Gasteiger partial charge is 0.0683 e. The van der Waals surface area contributed by atoms with Crippen molar-refractivity contribution in [1.82, 2.24) is 0 Å². The molecule has 0 saturated carbocycles. The number of nitrogens with zero attached hydrogens (tertiary/aromatic N) is 1. The summed E-state index contributed by atoms with van der Waals surface area (Å²) in [5.74, 6) is 5.28. The summed E-state index contributed by atoms with van der Waals surface area (Å²) in [5, 5.41) is 9.64. The highest BCUT2D eigenvalue weighted by Crippen LogP contribution is 2.38. The van der Waals surface area contributed by atoms with Crippen molar-refractivity contribution < 1.29 is 0 Å². The van der Waals surface area contributed by atoms with E-state index >= 15 is 0 Å². The van der Waals surface area contributed by atoms with E-state index in [-0.39, 0.29) is 10.8 Å². The summed E-state index contributed by atoms with van der Waals surface area (Å²) in [4.78, 5) is 0. The van der Waals surface area contributed by atoms with Gasteiger partial charge in [0.25, 0.3) is 0 Å². The minimum atomic E-state index is -0.127. The Hall–Kier alpha value is -1.46. The topological polar surface area (TPSA) is 23.8 Å². The predicted octanol–water partition coefficient (Wildman–Crippen LogP) is 50.1.